The highest BCUT2D eigenvalue weighted by Gasteiger charge is 2.24. The maximum Gasteiger partial charge on any atom is 0.315 e. The second-order valence-electron chi connectivity index (χ2n) is 4.15. The van der Waals surface area contributed by atoms with Crippen LogP contribution in [0.1, 0.15) is 13.8 Å². The van der Waals surface area contributed by atoms with Crippen LogP contribution in [0.2, 0.25) is 0 Å². The molecule has 0 spiro atoms. The van der Waals surface area contributed by atoms with E-state index in [4.69, 9.17) is 5.11 Å². The Morgan fingerprint density at radius 1 is 1.05 bits per heavy atom. The monoisotopic (exact) mass is 264 g/mol. The number of anilines is 1. The van der Waals surface area contributed by atoms with Gasteiger partial charge in [-0.3, -0.25) is 14.4 Å². The standard InChI is InChI=1S/C13H16N2O4/c1-8(13(18)19)11(16)14-9(2)12(17)15-10-6-4-3-5-7-10/h3-9H,1-2H3,(H,14,16)(H,15,17)(H,18,19). The minimum atomic E-state index is -1.23. The molecular weight excluding hydrogens is 248 g/mol. The van der Waals surface area contributed by atoms with E-state index in [1.54, 1.807) is 24.3 Å². The molecule has 0 heterocycles. The Labute approximate surface area is 110 Å². The lowest BCUT2D eigenvalue weighted by molar-refractivity contribution is -0.146. The van der Waals surface area contributed by atoms with Crippen LogP contribution in [0, 0.1) is 5.92 Å². The number of carbonyl (C=O) groups is 3. The molecule has 0 radical (unpaired) electrons. The average molecular weight is 264 g/mol. The molecule has 6 nitrogen and oxygen atoms in total. The van der Waals surface area contributed by atoms with Crippen LogP contribution in [-0.2, 0) is 14.4 Å². The van der Waals surface area contributed by atoms with Crippen LogP contribution in [0.4, 0.5) is 5.69 Å². The third-order valence-electron chi connectivity index (χ3n) is 2.56. The van der Waals surface area contributed by atoms with E-state index >= 15 is 0 Å². The summed E-state index contributed by atoms with van der Waals surface area (Å²) in [5, 5.41) is 13.6. The van der Waals surface area contributed by atoms with Crippen LogP contribution < -0.4 is 10.6 Å². The molecule has 3 N–H and O–H groups in total. The first kappa shape index (κ1) is 14.7. The summed E-state index contributed by atoms with van der Waals surface area (Å²) in [5.74, 6) is -3.51. The highest BCUT2D eigenvalue weighted by atomic mass is 16.4. The predicted molar refractivity (Wildman–Crippen MR) is 69.5 cm³/mol. The summed E-state index contributed by atoms with van der Waals surface area (Å²) in [7, 11) is 0. The molecule has 19 heavy (non-hydrogen) atoms. The number of hydrogen-bond acceptors (Lipinski definition) is 3. The number of para-hydroxylation sites is 1. The van der Waals surface area contributed by atoms with E-state index in [1.807, 2.05) is 6.07 Å². The smallest absolute Gasteiger partial charge is 0.315 e. The zero-order valence-corrected chi connectivity index (χ0v) is 10.7. The van der Waals surface area contributed by atoms with Gasteiger partial charge < -0.3 is 15.7 Å². The third kappa shape index (κ3) is 4.42. The van der Waals surface area contributed by atoms with Gasteiger partial charge >= 0.3 is 5.97 Å². The fourth-order valence-corrected chi connectivity index (χ4v) is 1.29. The first-order valence-corrected chi connectivity index (χ1v) is 5.81. The summed E-state index contributed by atoms with van der Waals surface area (Å²) in [4.78, 5) is 33.9. The zero-order chi connectivity index (χ0) is 14.4. The van der Waals surface area contributed by atoms with Gasteiger partial charge in [-0.05, 0) is 26.0 Å². The molecule has 6 heteroatoms. The van der Waals surface area contributed by atoms with Gasteiger partial charge in [0.15, 0.2) is 0 Å². The lowest BCUT2D eigenvalue weighted by Gasteiger charge is -2.15. The Hall–Kier alpha value is -2.37. The summed E-state index contributed by atoms with van der Waals surface area (Å²) >= 11 is 0. The summed E-state index contributed by atoms with van der Waals surface area (Å²) in [6, 6.07) is 7.97. The average Bonchev–Trinajstić information content (AvgIpc) is 2.38. The Bertz CT molecular complexity index is 473. The fraction of sp³-hybridized carbons (Fsp3) is 0.308. The number of nitrogens with one attached hydrogen (secondary N) is 2. The van der Waals surface area contributed by atoms with Crippen molar-refractivity contribution >= 4 is 23.5 Å². The van der Waals surface area contributed by atoms with Crippen molar-refractivity contribution in [2.24, 2.45) is 5.92 Å². The SMILES string of the molecule is CC(NC(=O)C(C)C(=O)O)C(=O)Nc1ccccc1. The van der Waals surface area contributed by atoms with Crippen molar-refractivity contribution in [1.82, 2.24) is 5.32 Å². The van der Waals surface area contributed by atoms with Gasteiger partial charge in [-0.2, -0.15) is 0 Å². The van der Waals surface area contributed by atoms with Crippen molar-refractivity contribution in [2.75, 3.05) is 5.32 Å². The molecule has 0 saturated heterocycles. The van der Waals surface area contributed by atoms with Crippen LogP contribution in [0.5, 0.6) is 0 Å². The van der Waals surface area contributed by atoms with Gasteiger partial charge in [0.1, 0.15) is 12.0 Å². The van der Waals surface area contributed by atoms with E-state index in [9.17, 15) is 14.4 Å². The number of carboxylic acid groups (broad SMARTS) is 1. The third-order valence-corrected chi connectivity index (χ3v) is 2.56. The molecule has 2 amide bonds. The summed E-state index contributed by atoms with van der Waals surface area (Å²) in [6.07, 6.45) is 0. The molecule has 2 unspecified atom stereocenters. The van der Waals surface area contributed by atoms with E-state index in [1.165, 1.54) is 13.8 Å². The maximum atomic E-state index is 11.8. The topological polar surface area (TPSA) is 95.5 Å². The summed E-state index contributed by atoms with van der Waals surface area (Å²) < 4.78 is 0. The minimum Gasteiger partial charge on any atom is -0.481 e. The van der Waals surface area contributed by atoms with Crippen LogP contribution in [0.15, 0.2) is 30.3 Å². The molecule has 102 valence electrons. The van der Waals surface area contributed by atoms with Crippen molar-refractivity contribution in [2.45, 2.75) is 19.9 Å². The normalized spacial score (nSPS) is 13.2. The predicted octanol–water partition coefficient (Wildman–Crippen LogP) is 0.850. The zero-order valence-electron chi connectivity index (χ0n) is 10.7. The Morgan fingerprint density at radius 3 is 2.16 bits per heavy atom. The first-order chi connectivity index (χ1) is 8.91. The number of benzene rings is 1. The number of carboxylic acids is 1. The molecule has 0 fully saturated rings. The van der Waals surface area contributed by atoms with E-state index in [2.05, 4.69) is 10.6 Å². The lowest BCUT2D eigenvalue weighted by atomic mass is 10.1. The highest BCUT2D eigenvalue weighted by molar-refractivity contribution is 6.01. The van der Waals surface area contributed by atoms with Gasteiger partial charge in [-0.1, -0.05) is 18.2 Å². The number of hydrogen-bond donors (Lipinski definition) is 3. The van der Waals surface area contributed by atoms with Gasteiger partial charge in [0.05, 0.1) is 0 Å². The molecule has 0 aliphatic rings. The molecule has 1 aromatic rings. The number of aliphatic carboxylic acids is 1. The number of amides is 2. The largest absolute Gasteiger partial charge is 0.481 e. The van der Waals surface area contributed by atoms with E-state index in [0.717, 1.165) is 0 Å². The van der Waals surface area contributed by atoms with Crippen molar-refractivity contribution in [1.29, 1.82) is 0 Å². The van der Waals surface area contributed by atoms with Crippen LogP contribution in [-0.4, -0.2) is 28.9 Å². The van der Waals surface area contributed by atoms with Crippen LogP contribution >= 0.6 is 0 Å². The Kier molecular flexibility index (Phi) is 5.05. The first-order valence-electron chi connectivity index (χ1n) is 5.81. The van der Waals surface area contributed by atoms with Crippen molar-refractivity contribution in [3.8, 4) is 0 Å². The molecular formula is C13H16N2O4. The van der Waals surface area contributed by atoms with E-state index < -0.39 is 29.7 Å². The van der Waals surface area contributed by atoms with E-state index in [-0.39, 0.29) is 0 Å². The fourth-order valence-electron chi connectivity index (χ4n) is 1.29. The van der Waals surface area contributed by atoms with Gasteiger partial charge in [0.25, 0.3) is 0 Å². The molecule has 0 aliphatic heterocycles. The summed E-state index contributed by atoms with van der Waals surface area (Å²) in [6.45, 7) is 2.75. The maximum absolute atomic E-state index is 11.8. The minimum absolute atomic E-state index is 0.405. The second-order valence-corrected chi connectivity index (χ2v) is 4.15. The molecule has 0 aliphatic carbocycles. The molecule has 2 atom stereocenters. The number of carbonyl (C=O) groups excluding carboxylic acids is 2. The Balaban J connectivity index is 2.54. The molecule has 0 bridgehead atoms. The quantitative estimate of drug-likeness (QED) is 0.687. The highest BCUT2D eigenvalue weighted by Crippen LogP contribution is 2.05. The van der Waals surface area contributed by atoms with Gasteiger partial charge in [-0.25, -0.2) is 0 Å². The molecule has 1 rings (SSSR count). The van der Waals surface area contributed by atoms with Gasteiger partial charge in [0.2, 0.25) is 11.8 Å². The van der Waals surface area contributed by atoms with Crippen molar-refractivity contribution in [3.05, 3.63) is 30.3 Å². The van der Waals surface area contributed by atoms with Crippen molar-refractivity contribution in [3.63, 3.8) is 0 Å². The van der Waals surface area contributed by atoms with Crippen molar-refractivity contribution < 1.29 is 19.5 Å². The number of rotatable bonds is 5. The second kappa shape index (κ2) is 6.53. The Morgan fingerprint density at radius 2 is 1.63 bits per heavy atom. The van der Waals surface area contributed by atoms with Crippen LogP contribution in [0.25, 0.3) is 0 Å². The molecule has 1 aromatic carbocycles. The summed E-state index contributed by atoms with van der Waals surface area (Å²) in [5.41, 5.74) is 0.611. The van der Waals surface area contributed by atoms with Crippen LogP contribution in [0.3, 0.4) is 0 Å². The molecule has 0 saturated carbocycles. The van der Waals surface area contributed by atoms with Gasteiger partial charge in [0, 0.05) is 5.69 Å². The molecule has 0 aromatic heterocycles. The lowest BCUT2D eigenvalue weighted by Crippen LogP contribution is -2.45. The van der Waals surface area contributed by atoms with Gasteiger partial charge in [-0.15, -0.1) is 0 Å². The van der Waals surface area contributed by atoms with E-state index in [0.29, 0.717) is 5.69 Å².